The number of hydrogen-bond acceptors (Lipinski definition) is 3. The molecular formula is C11H17NO2. The van der Waals surface area contributed by atoms with E-state index in [1.807, 2.05) is 19.1 Å². The minimum atomic E-state index is 0.136. The van der Waals surface area contributed by atoms with Crippen molar-refractivity contribution < 1.29 is 10.2 Å². The fourth-order valence-corrected chi connectivity index (χ4v) is 1.27. The third-order valence-corrected chi connectivity index (χ3v) is 2.22. The third kappa shape index (κ3) is 3.36. The summed E-state index contributed by atoms with van der Waals surface area (Å²) >= 11 is 0. The van der Waals surface area contributed by atoms with Gasteiger partial charge in [-0.05, 0) is 24.1 Å². The highest BCUT2D eigenvalue weighted by molar-refractivity contribution is 5.26. The first-order chi connectivity index (χ1) is 6.76. The van der Waals surface area contributed by atoms with Crippen LogP contribution in [0.15, 0.2) is 24.3 Å². The summed E-state index contributed by atoms with van der Waals surface area (Å²) in [7, 11) is 0. The largest absolute Gasteiger partial charge is 0.508 e. The van der Waals surface area contributed by atoms with Crippen molar-refractivity contribution in [1.82, 2.24) is 5.32 Å². The monoisotopic (exact) mass is 195 g/mol. The van der Waals surface area contributed by atoms with Gasteiger partial charge in [-0.15, -0.1) is 0 Å². The molecule has 0 unspecified atom stereocenters. The molecule has 0 aliphatic heterocycles. The Morgan fingerprint density at radius 1 is 1.43 bits per heavy atom. The molecule has 3 heteroatoms. The molecule has 0 saturated heterocycles. The van der Waals surface area contributed by atoms with Crippen molar-refractivity contribution in [1.29, 1.82) is 0 Å². The average molecular weight is 195 g/mol. The lowest BCUT2D eigenvalue weighted by molar-refractivity contribution is 0.238. The fourth-order valence-electron chi connectivity index (χ4n) is 1.27. The molecule has 0 heterocycles. The lowest BCUT2D eigenvalue weighted by atomic mass is 10.2. The summed E-state index contributed by atoms with van der Waals surface area (Å²) in [5, 5.41) is 21.4. The quantitative estimate of drug-likeness (QED) is 0.663. The van der Waals surface area contributed by atoms with Gasteiger partial charge in [0.25, 0.3) is 0 Å². The predicted molar refractivity (Wildman–Crippen MR) is 56.1 cm³/mol. The van der Waals surface area contributed by atoms with Crippen molar-refractivity contribution in [2.45, 2.75) is 25.9 Å². The number of benzene rings is 1. The zero-order valence-corrected chi connectivity index (χ0v) is 8.40. The van der Waals surface area contributed by atoms with Gasteiger partial charge in [0.1, 0.15) is 5.75 Å². The van der Waals surface area contributed by atoms with Gasteiger partial charge in [0.2, 0.25) is 0 Å². The van der Waals surface area contributed by atoms with E-state index in [4.69, 9.17) is 5.11 Å². The summed E-state index contributed by atoms with van der Waals surface area (Å²) < 4.78 is 0. The van der Waals surface area contributed by atoms with Crippen LogP contribution in [0.25, 0.3) is 0 Å². The van der Waals surface area contributed by atoms with Crippen LogP contribution in [0.4, 0.5) is 0 Å². The molecule has 1 aromatic rings. The van der Waals surface area contributed by atoms with Crippen LogP contribution in [0.3, 0.4) is 0 Å². The molecule has 0 radical (unpaired) electrons. The molecule has 0 saturated carbocycles. The highest BCUT2D eigenvalue weighted by Gasteiger charge is 2.03. The molecule has 3 nitrogen and oxygen atoms in total. The molecule has 0 aliphatic carbocycles. The van der Waals surface area contributed by atoms with E-state index in [0.29, 0.717) is 6.54 Å². The highest BCUT2D eigenvalue weighted by Crippen LogP contribution is 2.10. The summed E-state index contributed by atoms with van der Waals surface area (Å²) in [5.74, 6) is 0.279. The van der Waals surface area contributed by atoms with Crippen LogP contribution in [0.2, 0.25) is 0 Å². The molecule has 1 atom stereocenters. The van der Waals surface area contributed by atoms with E-state index < -0.39 is 0 Å². The van der Waals surface area contributed by atoms with Gasteiger partial charge < -0.3 is 15.5 Å². The Labute approximate surface area is 84.4 Å². The highest BCUT2D eigenvalue weighted by atomic mass is 16.3. The number of phenols is 1. The smallest absolute Gasteiger partial charge is 0.115 e. The molecule has 0 fully saturated rings. The normalized spacial score (nSPS) is 12.7. The minimum Gasteiger partial charge on any atom is -0.508 e. The summed E-state index contributed by atoms with van der Waals surface area (Å²) in [6.07, 6.45) is 0.898. The fraction of sp³-hybridized carbons (Fsp3) is 0.455. The van der Waals surface area contributed by atoms with Gasteiger partial charge in [0.15, 0.2) is 0 Å². The third-order valence-electron chi connectivity index (χ3n) is 2.22. The summed E-state index contributed by atoms with van der Waals surface area (Å²) in [6, 6.07) is 7.25. The van der Waals surface area contributed by atoms with Crippen LogP contribution in [0, 0.1) is 0 Å². The average Bonchev–Trinajstić information content (AvgIpc) is 2.19. The SMILES string of the molecule is CC[C@@H](CO)NCc1cccc(O)c1. The molecule has 0 aromatic heterocycles. The summed E-state index contributed by atoms with van der Waals surface area (Å²) in [6.45, 7) is 2.85. The molecule has 1 rings (SSSR count). The molecule has 1 aromatic carbocycles. The van der Waals surface area contributed by atoms with Crippen molar-refractivity contribution in [2.75, 3.05) is 6.61 Å². The number of nitrogens with one attached hydrogen (secondary N) is 1. The van der Waals surface area contributed by atoms with Gasteiger partial charge in [-0.25, -0.2) is 0 Å². The number of aromatic hydroxyl groups is 1. The predicted octanol–water partition coefficient (Wildman–Crippen LogP) is 1.25. The Morgan fingerprint density at radius 3 is 2.79 bits per heavy atom. The number of aliphatic hydroxyl groups excluding tert-OH is 1. The van der Waals surface area contributed by atoms with Crippen LogP contribution in [0.1, 0.15) is 18.9 Å². The van der Waals surface area contributed by atoms with Gasteiger partial charge in [-0.2, -0.15) is 0 Å². The van der Waals surface area contributed by atoms with Crippen molar-refractivity contribution in [3.63, 3.8) is 0 Å². The first-order valence-corrected chi connectivity index (χ1v) is 4.88. The maximum Gasteiger partial charge on any atom is 0.115 e. The standard InChI is InChI=1S/C11H17NO2/c1-2-10(8-13)12-7-9-4-3-5-11(14)6-9/h3-6,10,12-14H,2,7-8H2,1H3/t10-/m0/s1. The van der Waals surface area contributed by atoms with E-state index in [1.54, 1.807) is 12.1 Å². The Balaban J connectivity index is 2.44. The zero-order valence-electron chi connectivity index (χ0n) is 8.40. The molecule has 0 bridgehead atoms. The number of aliphatic hydroxyl groups is 1. The zero-order chi connectivity index (χ0) is 10.4. The van der Waals surface area contributed by atoms with Gasteiger partial charge >= 0.3 is 0 Å². The van der Waals surface area contributed by atoms with E-state index in [9.17, 15) is 5.11 Å². The Morgan fingerprint density at radius 2 is 2.21 bits per heavy atom. The number of phenolic OH excluding ortho intramolecular Hbond substituents is 1. The van der Waals surface area contributed by atoms with Crippen LogP contribution < -0.4 is 5.32 Å². The Kier molecular flexibility index (Phi) is 4.43. The van der Waals surface area contributed by atoms with Gasteiger partial charge in [-0.1, -0.05) is 19.1 Å². The van der Waals surface area contributed by atoms with E-state index in [-0.39, 0.29) is 18.4 Å². The second-order valence-corrected chi connectivity index (χ2v) is 3.34. The topological polar surface area (TPSA) is 52.5 Å². The Bertz CT molecular complexity index is 272. The van der Waals surface area contributed by atoms with E-state index in [2.05, 4.69) is 5.32 Å². The molecule has 0 amide bonds. The lowest BCUT2D eigenvalue weighted by Gasteiger charge is -2.13. The van der Waals surface area contributed by atoms with Gasteiger partial charge in [0.05, 0.1) is 6.61 Å². The number of rotatable bonds is 5. The van der Waals surface area contributed by atoms with E-state index in [1.165, 1.54) is 0 Å². The maximum absolute atomic E-state index is 9.22. The second-order valence-electron chi connectivity index (χ2n) is 3.34. The molecule has 3 N–H and O–H groups in total. The summed E-state index contributed by atoms with van der Waals surface area (Å²) in [5.41, 5.74) is 1.02. The van der Waals surface area contributed by atoms with Crippen LogP contribution >= 0.6 is 0 Å². The molecule has 78 valence electrons. The Hall–Kier alpha value is -1.06. The van der Waals surface area contributed by atoms with Gasteiger partial charge in [-0.3, -0.25) is 0 Å². The van der Waals surface area contributed by atoms with Gasteiger partial charge in [0, 0.05) is 12.6 Å². The van der Waals surface area contributed by atoms with E-state index >= 15 is 0 Å². The first kappa shape index (κ1) is 11.0. The second kappa shape index (κ2) is 5.62. The lowest BCUT2D eigenvalue weighted by Crippen LogP contribution is -2.31. The van der Waals surface area contributed by atoms with Crippen LogP contribution in [0.5, 0.6) is 5.75 Å². The van der Waals surface area contributed by atoms with Crippen molar-refractivity contribution in [3.05, 3.63) is 29.8 Å². The maximum atomic E-state index is 9.22. The minimum absolute atomic E-state index is 0.136. The van der Waals surface area contributed by atoms with Crippen LogP contribution in [-0.4, -0.2) is 22.9 Å². The van der Waals surface area contributed by atoms with Crippen molar-refractivity contribution in [2.24, 2.45) is 0 Å². The number of hydrogen-bond donors (Lipinski definition) is 3. The van der Waals surface area contributed by atoms with Crippen molar-refractivity contribution >= 4 is 0 Å². The molecule has 0 spiro atoms. The first-order valence-electron chi connectivity index (χ1n) is 4.88. The molecular weight excluding hydrogens is 178 g/mol. The van der Waals surface area contributed by atoms with Crippen LogP contribution in [-0.2, 0) is 6.54 Å². The van der Waals surface area contributed by atoms with E-state index in [0.717, 1.165) is 12.0 Å². The molecule has 14 heavy (non-hydrogen) atoms. The van der Waals surface area contributed by atoms with Crippen molar-refractivity contribution in [3.8, 4) is 5.75 Å². The summed E-state index contributed by atoms with van der Waals surface area (Å²) in [4.78, 5) is 0. The molecule has 0 aliphatic rings.